The summed E-state index contributed by atoms with van der Waals surface area (Å²) >= 11 is 1.12. The van der Waals surface area contributed by atoms with E-state index in [1.54, 1.807) is 29.6 Å². The predicted molar refractivity (Wildman–Crippen MR) is 121 cm³/mol. The number of sulfone groups is 1. The van der Waals surface area contributed by atoms with Gasteiger partial charge in [0.05, 0.1) is 15.7 Å². The number of benzene rings is 1. The Hall–Kier alpha value is -2.07. The molecule has 1 aromatic carbocycles. The second-order valence-corrected chi connectivity index (χ2v) is 11.8. The molecule has 9 heteroatoms. The highest BCUT2D eigenvalue weighted by atomic mass is 32.2. The van der Waals surface area contributed by atoms with Crippen LogP contribution in [-0.4, -0.2) is 43.6 Å². The zero-order chi connectivity index (χ0) is 22.8. The van der Waals surface area contributed by atoms with E-state index in [1.165, 1.54) is 12.1 Å². The second-order valence-electron chi connectivity index (χ2n) is 8.80. The maximum atomic E-state index is 13.6. The van der Waals surface area contributed by atoms with Crippen molar-refractivity contribution in [2.24, 2.45) is 11.8 Å². The molecule has 2 heterocycles. The number of piperidine rings is 1. The lowest BCUT2D eigenvalue weighted by molar-refractivity contribution is -0.136. The Labute approximate surface area is 187 Å². The minimum atomic E-state index is -4.25. The molecule has 2 atom stereocenters. The third-order valence-electron chi connectivity index (χ3n) is 5.48. The summed E-state index contributed by atoms with van der Waals surface area (Å²) in [6, 6.07) is 9.61. The summed E-state index contributed by atoms with van der Waals surface area (Å²) in [6.45, 7) is 7.28. The number of ketones is 1. The van der Waals surface area contributed by atoms with Gasteiger partial charge in [-0.2, -0.15) is 0 Å². The van der Waals surface area contributed by atoms with Crippen molar-refractivity contribution in [3.63, 3.8) is 0 Å². The van der Waals surface area contributed by atoms with Gasteiger partial charge in [0.15, 0.2) is 0 Å². The molecular formula is C22H29N3O4S2. The lowest BCUT2D eigenvalue weighted by atomic mass is 9.87. The number of nitrogens with two attached hydrogens (primary N) is 1. The lowest BCUT2D eigenvalue weighted by Gasteiger charge is -2.31. The molecule has 1 saturated heterocycles. The molecule has 3 N–H and O–H groups in total. The molecule has 168 valence electrons. The van der Waals surface area contributed by atoms with Crippen molar-refractivity contribution in [2.75, 3.05) is 13.1 Å². The van der Waals surface area contributed by atoms with Gasteiger partial charge < -0.3 is 5.32 Å². The van der Waals surface area contributed by atoms with E-state index in [2.05, 4.69) is 5.32 Å². The second kappa shape index (κ2) is 9.20. The zero-order valence-corrected chi connectivity index (χ0v) is 19.6. The highest BCUT2D eigenvalue weighted by Crippen LogP contribution is 2.28. The van der Waals surface area contributed by atoms with Crippen molar-refractivity contribution in [3.05, 3.63) is 52.2 Å². The Bertz CT molecular complexity index is 1020. The molecule has 3 rings (SSSR count). The quantitative estimate of drug-likeness (QED) is 0.295. The fraction of sp³-hybridized carbons (Fsp3) is 0.455. The molecule has 1 aromatic heterocycles. The van der Waals surface area contributed by atoms with E-state index in [1.807, 2.05) is 20.8 Å². The smallest absolute Gasteiger partial charge is 0.242 e. The number of hydrogen-bond donors (Lipinski definition) is 2. The van der Waals surface area contributed by atoms with Gasteiger partial charge in [-0.15, -0.1) is 11.3 Å². The number of nitrogens with one attached hydrogen (secondary N) is 1. The number of thiophene rings is 1. The average Bonchev–Trinajstić information content (AvgIpc) is 3.28. The molecule has 1 fully saturated rings. The van der Waals surface area contributed by atoms with E-state index >= 15 is 0 Å². The molecular weight excluding hydrogens is 434 g/mol. The Balaban J connectivity index is 2.00. The van der Waals surface area contributed by atoms with Gasteiger partial charge in [0, 0.05) is 6.54 Å². The molecule has 2 unspecified atom stereocenters. The van der Waals surface area contributed by atoms with Crippen LogP contribution < -0.4 is 11.2 Å². The molecule has 0 aliphatic carbocycles. The van der Waals surface area contributed by atoms with E-state index in [-0.39, 0.29) is 15.2 Å². The molecule has 0 bridgehead atoms. The number of nitrogens with zero attached hydrogens (tertiary/aromatic N) is 1. The Morgan fingerprint density at radius 1 is 1.19 bits per heavy atom. The zero-order valence-electron chi connectivity index (χ0n) is 18.0. The van der Waals surface area contributed by atoms with Crippen molar-refractivity contribution in [1.82, 2.24) is 10.3 Å². The SMILES string of the molecule is CC(C)(C)c1ccc(S(=O)(=O)C(C(=O)c2cccs2)N(N)C(=O)C2CCCNC2)cc1. The summed E-state index contributed by atoms with van der Waals surface area (Å²) in [5.41, 5.74) is 0.805. The van der Waals surface area contributed by atoms with Gasteiger partial charge >= 0.3 is 0 Å². The van der Waals surface area contributed by atoms with Crippen molar-refractivity contribution in [1.29, 1.82) is 0 Å². The van der Waals surface area contributed by atoms with Gasteiger partial charge in [-0.05, 0) is 53.9 Å². The standard InChI is InChI=1S/C22H29N3O4S2/c1-22(2,3)16-8-10-17(11-9-16)31(28,29)21(19(26)18-7-5-13-30-18)25(23)20(27)15-6-4-12-24-14-15/h5,7-11,13,15,21,24H,4,6,12,14,23H2,1-3H3. The van der Waals surface area contributed by atoms with Crippen LogP contribution in [-0.2, 0) is 20.0 Å². The van der Waals surface area contributed by atoms with Gasteiger partial charge in [0.2, 0.25) is 26.9 Å². The average molecular weight is 464 g/mol. The van der Waals surface area contributed by atoms with Gasteiger partial charge in [-0.1, -0.05) is 39.0 Å². The summed E-state index contributed by atoms with van der Waals surface area (Å²) in [7, 11) is -4.25. The summed E-state index contributed by atoms with van der Waals surface area (Å²) < 4.78 is 27.1. The van der Waals surface area contributed by atoms with Gasteiger partial charge in [-0.3, -0.25) is 14.6 Å². The third kappa shape index (κ3) is 5.06. The minimum Gasteiger partial charge on any atom is -0.316 e. The van der Waals surface area contributed by atoms with Gasteiger partial charge in [-0.25, -0.2) is 14.3 Å². The first-order valence-electron chi connectivity index (χ1n) is 10.2. The van der Waals surface area contributed by atoms with Crippen LogP contribution >= 0.6 is 11.3 Å². The van der Waals surface area contributed by atoms with Crippen molar-refractivity contribution in [3.8, 4) is 0 Å². The minimum absolute atomic E-state index is 0.0413. The molecule has 1 aliphatic heterocycles. The molecule has 0 spiro atoms. The summed E-state index contributed by atoms with van der Waals surface area (Å²) in [6.07, 6.45) is 1.38. The molecule has 31 heavy (non-hydrogen) atoms. The van der Waals surface area contributed by atoms with Crippen LogP contribution in [0.2, 0.25) is 0 Å². The molecule has 1 aliphatic rings. The Morgan fingerprint density at radius 3 is 2.39 bits per heavy atom. The maximum Gasteiger partial charge on any atom is 0.242 e. The van der Waals surface area contributed by atoms with Crippen LogP contribution in [0.15, 0.2) is 46.7 Å². The number of carbonyl (C=O) groups is 2. The van der Waals surface area contributed by atoms with Crippen LogP contribution in [0.25, 0.3) is 0 Å². The number of Topliss-reactive ketones (excluding diaryl/α,β-unsaturated/α-hetero) is 1. The number of hydrazine groups is 1. The summed E-state index contributed by atoms with van der Waals surface area (Å²) in [5.74, 6) is 4.38. The van der Waals surface area contributed by atoms with E-state index < -0.39 is 32.8 Å². The van der Waals surface area contributed by atoms with E-state index in [9.17, 15) is 18.0 Å². The Morgan fingerprint density at radius 2 is 1.87 bits per heavy atom. The highest BCUT2D eigenvalue weighted by Gasteiger charge is 2.43. The molecule has 1 amide bonds. The van der Waals surface area contributed by atoms with E-state index in [0.29, 0.717) is 18.0 Å². The normalized spacial score (nSPS) is 18.4. The first kappa shape index (κ1) is 23.6. The number of amides is 1. The van der Waals surface area contributed by atoms with Crippen molar-refractivity contribution in [2.45, 2.75) is 49.3 Å². The summed E-state index contributed by atoms with van der Waals surface area (Å²) in [5, 5.41) is 3.62. The molecule has 2 aromatic rings. The van der Waals surface area contributed by atoms with Crippen LogP contribution in [0.4, 0.5) is 0 Å². The first-order chi connectivity index (χ1) is 14.5. The van der Waals surface area contributed by atoms with Crippen LogP contribution in [0, 0.1) is 5.92 Å². The fourth-order valence-electron chi connectivity index (χ4n) is 3.62. The fourth-order valence-corrected chi connectivity index (χ4v) is 5.97. The largest absolute Gasteiger partial charge is 0.316 e. The first-order valence-corrected chi connectivity index (χ1v) is 12.7. The third-order valence-corrected chi connectivity index (χ3v) is 8.33. The number of hydrogen-bond acceptors (Lipinski definition) is 7. The Kier molecular flexibility index (Phi) is 7.00. The van der Waals surface area contributed by atoms with E-state index in [0.717, 1.165) is 29.9 Å². The van der Waals surface area contributed by atoms with Gasteiger partial charge in [0.25, 0.3) is 0 Å². The molecule has 0 radical (unpaired) electrons. The molecule has 0 saturated carbocycles. The predicted octanol–water partition coefficient (Wildman–Crippen LogP) is 2.73. The molecule has 7 nitrogen and oxygen atoms in total. The van der Waals surface area contributed by atoms with Crippen molar-refractivity contribution < 1.29 is 18.0 Å². The van der Waals surface area contributed by atoms with Crippen LogP contribution in [0.3, 0.4) is 0 Å². The number of rotatable bonds is 6. The van der Waals surface area contributed by atoms with E-state index in [4.69, 9.17) is 5.84 Å². The van der Waals surface area contributed by atoms with Crippen LogP contribution in [0.1, 0.15) is 48.8 Å². The maximum absolute atomic E-state index is 13.6. The van der Waals surface area contributed by atoms with Crippen molar-refractivity contribution >= 4 is 32.9 Å². The number of carbonyl (C=O) groups excluding carboxylic acids is 2. The lowest BCUT2D eigenvalue weighted by Crippen LogP contribution is -2.56. The van der Waals surface area contributed by atoms with Gasteiger partial charge in [0.1, 0.15) is 0 Å². The monoisotopic (exact) mass is 463 g/mol. The topological polar surface area (TPSA) is 110 Å². The van der Waals surface area contributed by atoms with Crippen LogP contribution in [0.5, 0.6) is 0 Å². The highest BCUT2D eigenvalue weighted by molar-refractivity contribution is 7.92. The summed E-state index contributed by atoms with van der Waals surface area (Å²) in [4.78, 5) is 26.4.